The van der Waals surface area contributed by atoms with Crippen molar-refractivity contribution in [2.24, 2.45) is 0 Å². The molecule has 214 valence electrons. The molecule has 7 aromatic carbocycles. The number of benzene rings is 7. The number of fused-ring (bicyclic) bond motifs is 9. The van der Waals surface area contributed by atoms with Gasteiger partial charge in [0.15, 0.2) is 0 Å². The van der Waals surface area contributed by atoms with Gasteiger partial charge in [-0.25, -0.2) is 4.98 Å². The van der Waals surface area contributed by atoms with Gasteiger partial charge in [0.2, 0.25) is 0 Å². The van der Waals surface area contributed by atoms with E-state index in [2.05, 4.69) is 173 Å². The van der Waals surface area contributed by atoms with Crippen LogP contribution in [-0.4, -0.2) is 14.1 Å². The zero-order chi connectivity index (χ0) is 30.2. The van der Waals surface area contributed by atoms with Crippen molar-refractivity contribution in [2.75, 3.05) is 0 Å². The lowest BCUT2D eigenvalue weighted by Gasteiger charge is -2.11. The molecule has 0 spiro atoms. The molecule has 0 aliphatic heterocycles. The predicted octanol–water partition coefficient (Wildman–Crippen LogP) is 11.2. The lowest BCUT2D eigenvalue weighted by atomic mass is 10.0. The van der Waals surface area contributed by atoms with Crippen LogP contribution in [0.25, 0.3) is 87.9 Å². The van der Waals surface area contributed by atoms with Crippen LogP contribution in [0.2, 0.25) is 0 Å². The second-order valence-corrected chi connectivity index (χ2v) is 12.0. The van der Waals surface area contributed by atoms with Crippen molar-refractivity contribution in [2.45, 2.75) is 0 Å². The Balaban J connectivity index is 1.27. The van der Waals surface area contributed by atoms with Gasteiger partial charge in [0.25, 0.3) is 0 Å². The maximum atomic E-state index is 5.29. The maximum Gasteiger partial charge on any atom is 0.138 e. The number of pyridine rings is 1. The van der Waals surface area contributed by atoms with E-state index in [0.717, 1.165) is 27.8 Å². The van der Waals surface area contributed by atoms with Gasteiger partial charge < -0.3 is 4.57 Å². The van der Waals surface area contributed by atoms with E-state index < -0.39 is 0 Å². The summed E-state index contributed by atoms with van der Waals surface area (Å²) in [5.41, 5.74) is 9.22. The Labute approximate surface area is 265 Å². The molecule has 46 heavy (non-hydrogen) atoms. The summed E-state index contributed by atoms with van der Waals surface area (Å²) in [6.07, 6.45) is 0. The van der Waals surface area contributed by atoms with Crippen LogP contribution in [0.5, 0.6) is 0 Å². The van der Waals surface area contributed by atoms with E-state index in [-0.39, 0.29) is 0 Å². The molecule has 0 bridgehead atoms. The highest BCUT2D eigenvalue weighted by Crippen LogP contribution is 2.42. The van der Waals surface area contributed by atoms with Crippen LogP contribution in [-0.2, 0) is 0 Å². The number of hydrogen-bond donors (Lipinski definition) is 0. The molecule has 0 atom stereocenters. The van der Waals surface area contributed by atoms with Gasteiger partial charge in [0.1, 0.15) is 5.82 Å². The first-order valence-corrected chi connectivity index (χ1v) is 15.7. The van der Waals surface area contributed by atoms with E-state index in [9.17, 15) is 0 Å². The molecule has 3 heteroatoms. The van der Waals surface area contributed by atoms with Crippen LogP contribution >= 0.6 is 0 Å². The second-order valence-electron chi connectivity index (χ2n) is 12.0. The van der Waals surface area contributed by atoms with Crippen LogP contribution in [0, 0.1) is 0 Å². The third-order valence-corrected chi connectivity index (χ3v) is 9.48. The van der Waals surface area contributed by atoms with Gasteiger partial charge >= 0.3 is 0 Å². The minimum Gasteiger partial charge on any atom is -0.309 e. The summed E-state index contributed by atoms with van der Waals surface area (Å²) in [6, 6.07) is 58.9. The van der Waals surface area contributed by atoms with Gasteiger partial charge in [-0.3, -0.25) is 4.57 Å². The van der Waals surface area contributed by atoms with Gasteiger partial charge in [-0.15, -0.1) is 0 Å². The summed E-state index contributed by atoms with van der Waals surface area (Å²) in [4.78, 5) is 5.29. The summed E-state index contributed by atoms with van der Waals surface area (Å²) < 4.78 is 4.75. The summed E-state index contributed by atoms with van der Waals surface area (Å²) in [5, 5.41) is 8.61. The Bertz CT molecular complexity index is 2800. The zero-order valence-electron chi connectivity index (χ0n) is 24.9. The number of nitrogens with zero attached hydrogens (tertiary/aromatic N) is 3. The molecule has 0 saturated heterocycles. The minimum atomic E-state index is 0.918. The Morgan fingerprint density at radius 1 is 0.370 bits per heavy atom. The molecule has 0 fully saturated rings. The Hall–Kier alpha value is -6.19. The Morgan fingerprint density at radius 3 is 1.76 bits per heavy atom. The third kappa shape index (κ3) is 3.63. The predicted molar refractivity (Wildman–Crippen MR) is 193 cm³/mol. The molecular formula is C43H27N3. The molecule has 3 nitrogen and oxygen atoms in total. The van der Waals surface area contributed by atoms with Gasteiger partial charge in [-0.2, -0.15) is 0 Å². The lowest BCUT2D eigenvalue weighted by molar-refractivity contribution is 1.10. The summed E-state index contributed by atoms with van der Waals surface area (Å²) in [7, 11) is 0. The van der Waals surface area contributed by atoms with E-state index in [1.54, 1.807) is 0 Å². The number of rotatable bonds is 3. The summed E-state index contributed by atoms with van der Waals surface area (Å²) >= 11 is 0. The van der Waals surface area contributed by atoms with Crippen molar-refractivity contribution >= 4 is 65.3 Å². The molecule has 0 unspecified atom stereocenters. The van der Waals surface area contributed by atoms with Gasteiger partial charge in [0, 0.05) is 32.6 Å². The topological polar surface area (TPSA) is 22.8 Å². The molecule has 10 rings (SSSR count). The quantitative estimate of drug-likeness (QED) is 0.202. The second kappa shape index (κ2) is 9.65. The lowest BCUT2D eigenvalue weighted by Crippen LogP contribution is -1.98. The molecule has 0 amide bonds. The fourth-order valence-electron chi connectivity index (χ4n) is 7.40. The van der Waals surface area contributed by atoms with E-state index in [0.29, 0.717) is 0 Å². The standard InChI is InChI=1S/C43H27N3/c1-2-10-28(11-3-1)32-19-18-30-21-25-41(44-36(30)27-32)46-38-17-9-7-15-35(38)43-40(46)24-23-39-42(43)34-14-6-8-16-37(34)45(39)33-22-20-29-12-4-5-13-31(29)26-33/h1-27H. The number of hydrogen-bond acceptors (Lipinski definition) is 1. The zero-order valence-corrected chi connectivity index (χ0v) is 24.9. The molecule has 0 aliphatic carbocycles. The molecule has 0 saturated carbocycles. The molecule has 0 radical (unpaired) electrons. The molecule has 10 aromatic rings. The smallest absolute Gasteiger partial charge is 0.138 e. The van der Waals surface area contributed by atoms with E-state index in [1.165, 1.54) is 60.2 Å². The molecule has 0 N–H and O–H groups in total. The third-order valence-electron chi connectivity index (χ3n) is 9.48. The van der Waals surface area contributed by atoms with Crippen LogP contribution in [0.3, 0.4) is 0 Å². The Kier molecular flexibility index (Phi) is 5.28. The van der Waals surface area contributed by atoms with E-state index >= 15 is 0 Å². The largest absolute Gasteiger partial charge is 0.309 e. The highest BCUT2D eigenvalue weighted by molar-refractivity contribution is 6.28. The van der Waals surface area contributed by atoms with Crippen molar-refractivity contribution in [1.29, 1.82) is 0 Å². The first kappa shape index (κ1) is 25.2. The van der Waals surface area contributed by atoms with Crippen LogP contribution in [0.1, 0.15) is 0 Å². The van der Waals surface area contributed by atoms with Crippen molar-refractivity contribution < 1.29 is 0 Å². The molecule has 3 heterocycles. The van der Waals surface area contributed by atoms with Crippen LogP contribution in [0.4, 0.5) is 0 Å². The first-order chi connectivity index (χ1) is 22.8. The Morgan fingerprint density at radius 2 is 0.978 bits per heavy atom. The number of para-hydroxylation sites is 2. The van der Waals surface area contributed by atoms with Crippen LogP contribution in [0.15, 0.2) is 164 Å². The van der Waals surface area contributed by atoms with E-state index in [4.69, 9.17) is 4.98 Å². The highest BCUT2D eigenvalue weighted by atomic mass is 15.1. The fraction of sp³-hybridized carbons (Fsp3) is 0. The summed E-state index contributed by atoms with van der Waals surface area (Å²) in [6.45, 7) is 0. The monoisotopic (exact) mass is 585 g/mol. The first-order valence-electron chi connectivity index (χ1n) is 15.7. The van der Waals surface area contributed by atoms with Crippen molar-refractivity contribution in [3.8, 4) is 22.6 Å². The average Bonchev–Trinajstić information content (AvgIpc) is 3.64. The maximum absolute atomic E-state index is 5.29. The molecular weight excluding hydrogens is 558 g/mol. The van der Waals surface area contributed by atoms with Gasteiger partial charge in [-0.1, -0.05) is 109 Å². The minimum absolute atomic E-state index is 0.918. The van der Waals surface area contributed by atoms with Gasteiger partial charge in [0.05, 0.1) is 27.6 Å². The van der Waals surface area contributed by atoms with Crippen molar-refractivity contribution in [3.05, 3.63) is 164 Å². The van der Waals surface area contributed by atoms with E-state index in [1.807, 2.05) is 0 Å². The average molecular weight is 586 g/mol. The number of aromatic nitrogens is 3. The fourth-order valence-corrected chi connectivity index (χ4v) is 7.40. The SMILES string of the molecule is c1ccc(-c2ccc3ccc(-n4c5ccccc5c5c6c7ccccc7n(-c7ccc8ccccc8c7)c6ccc54)nc3c2)cc1. The van der Waals surface area contributed by atoms with Crippen molar-refractivity contribution in [1.82, 2.24) is 14.1 Å². The molecule has 0 aliphatic rings. The van der Waals surface area contributed by atoms with Crippen LogP contribution < -0.4 is 0 Å². The summed E-state index contributed by atoms with van der Waals surface area (Å²) in [5.74, 6) is 0.918. The van der Waals surface area contributed by atoms with Crippen molar-refractivity contribution in [3.63, 3.8) is 0 Å². The molecule has 3 aromatic heterocycles. The highest BCUT2D eigenvalue weighted by Gasteiger charge is 2.21. The normalized spacial score (nSPS) is 11.9. The van der Waals surface area contributed by atoms with Gasteiger partial charge in [-0.05, 0) is 76.5 Å².